The lowest BCUT2D eigenvalue weighted by molar-refractivity contribution is -0.964. The number of alkyl halides is 1. The summed E-state index contributed by atoms with van der Waals surface area (Å²) in [7, 11) is -1.53. The lowest BCUT2D eigenvalue weighted by Crippen LogP contribution is -2.66. The number of hydrogen-bond donors (Lipinski definition) is 3. The third kappa shape index (κ3) is 6.70. The number of imide groups is 1. The number of nitrogens with one attached hydrogen (secondary N) is 3. The highest BCUT2D eigenvalue weighted by Gasteiger charge is 2.54. The summed E-state index contributed by atoms with van der Waals surface area (Å²) in [5.41, 5.74) is 2.80. The zero-order valence-corrected chi connectivity index (χ0v) is 28.4. The second kappa shape index (κ2) is 12.9. The minimum absolute atomic E-state index is 0.141. The topological polar surface area (TPSA) is 111 Å². The van der Waals surface area contributed by atoms with E-state index in [2.05, 4.69) is 36.4 Å². The molecule has 0 aromatic heterocycles. The van der Waals surface area contributed by atoms with Crippen molar-refractivity contribution in [2.75, 3.05) is 39.9 Å². The molecule has 0 radical (unpaired) electrons. The summed E-state index contributed by atoms with van der Waals surface area (Å²) >= 11 is 1.82. The van der Waals surface area contributed by atoms with Crippen molar-refractivity contribution in [1.29, 1.82) is 0 Å². The van der Waals surface area contributed by atoms with Crippen LogP contribution in [-0.2, 0) is 14.8 Å². The third-order valence-electron chi connectivity index (χ3n) is 11.6. The monoisotopic (exact) mass is 657 g/mol. The molecule has 10 nitrogen and oxygen atoms in total. The first-order chi connectivity index (χ1) is 20.9. The van der Waals surface area contributed by atoms with Crippen LogP contribution < -0.4 is 15.5 Å². The molecule has 8 unspecified atom stereocenters. The number of carbonyl (C=O) groups is 2. The van der Waals surface area contributed by atoms with Crippen LogP contribution >= 0.6 is 11.8 Å². The quantitative estimate of drug-likeness (QED) is 0.327. The fourth-order valence-electron chi connectivity index (χ4n) is 8.77. The van der Waals surface area contributed by atoms with Gasteiger partial charge in [-0.05, 0) is 58.8 Å². The average molecular weight is 658 g/mol. The molecular formula is C31H54FN6O4S2+. The van der Waals surface area contributed by atoms with Gasteiger partial charge in [0.15, 0.2) is 0 Å². The van der Waals surface area contributed by atoms with Gasteiger partial charge in [0.05, 0.1) is 35.7 Å². The third-order valence-corrected chi connectivity index (χ3v) is 15.1. The number of amides is 3. The molecular weight excluding hydrogens is 604 g/mol. The molecule has 250 valence electrons. The van der Waals surface area contributed by atoms with Crippen LogP contribution in [0.15, 0.2) is 0 Å². The Kier molecular flexibility index (Phi) is 9.65. The van der Waals surface area contributed by atoms with E-state index in [-0.39, 0.29) is 47.0 Å². The van der Waals surface area contributed by atoms with E-state index >= 15 is 0 Å². The maximum Gasteiger partial charge on any atom is 0.327 e. The summed E-state index contributed by atoms with van der Waals surface area (Å²) in [5, 5.41) is 3.26. The molecule has 0 bridgehead atoms. The molecule has 13 heteroatoms. The van der Waals surface area contributed by atoms with E-state index in [9.17, 15) is 22.4 Å². The molecule has 3 aliphatic carbocycles. The number of carbonyl (C=O) groups excluding carboxylic acids is 2. The summed E-state index contributed by atoms with van der Waals surface area (Å²) in [5.74, 6) is -0.660. The highest BCUT2D eigenvalue weighted by atomic mass is 32.2. The van der Waals surface area contributed by atoms with Gasteiger partial charge in [0.25, 0.3) is 0 Å². The van der Waals surface area contributed by atoms with E-state index < -0.39 is 33.4 Å². The van der Waals surface area contributed by atoms with Gasteiger partial charge >= 0.3 is 6.03 Å². The van der Waals surface area contributed by atoms with Gasteiger partial charge in [-0.3, -0.25) is 9.69 Å². The van der Waals surface area contributed by atoms with E-state index in [4.69, 9.17) is 0 Å². The fourth-order valence-corrected chi connectivity index (χ4v) is 12.1. The molecule has 3 saturated carbocycles. The highest BCUT2D eigenvalue weighted by Crippen LogP contribution is 2.42. The molecule has 3 amide bonds. The summed E-state index contributed by atoms with van der Waals surface area (Å²) in [6, 6.07) is 0.240. The number of nitrogens with zero attached hydrogens (tertiary/aromatic N) is 3. The number of quaternary nitrogens is 1. The number of sulfonamides is 1. The molecule has 6 aliphatic rings. The lowest BCUT2D eigenvalue weighted by Gasteiger charge is -2.49. The summed E-state index contributed by atoms with van der Waals surface area (Å²) < 4.78 is 43.9. The van der Waals surface area contributed by atoms with Crippen LogP contribution in [0.4, 0.5) is 9.18 Å². The minimum Gasteiger partial charge on any atom is -0.319 e. The first kappa shape index (κ1) is 32.9. The van der Waals surface area contributed by atoms with Crippen LogP contribution in [-0.4, -0.2) is 114 Å². The van der Waals surface area contributed by atoms with Crippen LogP contribution in [0.5, 0.6) is 0 Å². The number of urea groups is 1. The van der Waals surface area contributed by atoms with Crippen LogP contribution in [0.3, 0.4) is 0 Å². The van der Waals surface area contributed by atoms with E-state index in [1.807, 2.05) is 16.7 Å². The van der Waals surface area contributed by atoms with Crippen molar-refractivity contribution >= 4 is 33.7 Å². The van der Waals surface area contributed by atoms with Crippen molar-refractivity contribution in [2.24, 2.45) is 11.8 Å². The Morgan fingerprint density at radius 3 is 2.39 bits per heavy atom. The number of fused-ring (bicyclic) bond motifs is 1. The molecule has 3 heterocycles. The number of halogens is 1. The van der Waals surface area contributed by atoms with Crippen molar-refractivity contribution < 1.29 is 27.0 Å². The zero-order chi connectivity index (χ0) is 31.3. The first-order valence-corrected chi connectivity index (χ1v) is 19.7. The van der Waals surface area contributed by atoms with Crippen molar-refractivity contribution in [1.82, 2.24) is 25.3 Å². The SMILES string of the molecule is CC1NC(C)C(CN2C(=O)N(CC3CN[N+](C)(C4CCCCCCC4)C3)C(=O)C3CC(S(=O)(=O)NC4(CF)CC4)CCC32)S1. The van der Waals surface area contributed by atoms with E-state index in [0.717, 1.165) is 17.7 Å². The maximum atomic E-state index is 14.2. The van der Waals surface area contributed by atoms with Crippen LogP contribution in [0.1, 0.15) is 90.9 Å². The van der Waals surface area contributed by atoms with Gasteiger partial charge in [-0.25, -0.2) is 26.9 Å². The number of thioether (sulfide) groups is 1. The Labute approximate surface area is 267 Å². The molecule has 3 aliphatic heterocycles. The second-order valence-corrected chi connectivity index (χ2v) is 18.5. The molecule has 0 aromatic rings. The summed E-state index contributed by atoms with van der Waals surface area (Å²) in [4.78, 5) is 31.8. The first-order valence-electron chi connectivity index (χ1n) is 17.2. The summed E-state index contributed by atoms with van der Waals surface area (Å²) in [6.45, 7) is 6.07. The molecule has 0 aromatic carbocycles. The van der Waals surface area contributed by atoms with Crippen molar-refractivity contribution in [3.05, 3.63) is 0 Å². The van der Waals surface area contributed by atoms with E-state index in [1.165, 1.54) is 49.8 Å². The highest BCUT2D eigenvalue weighted by molar-refractivity contribution is 8.00. The second-order valence-electron chi connectivity index (χ2n) is 15.0. The van der Waals surface area contributed by atoms with E-state index in [1.54, 1.807) is 0 Å². The van der Waals surface area contributed by atoms with Crippen LogP contribution in [0.25, 0.3) is 0 Å². The Morgan fingerprint density at radius 1 is 1.05 bits per heavy atom. The smallest absolute Gasteiger partial charge is 0.319 e. The lowest BCUT2D eigenvalue weighted by atomic mass is 9.80. The van der Waals surface area contributed by atoms with Crippen molar-refractivity contribution in [2.45, 2.75) is 130 Å². The minimum atomic E-state index is -3.80. The van der Waals surface area contributed by atoms with Gasteiger partial charge in [-0.2, -0.15) is 5.43 Å². The van der Waals surface area contributed by atoms with Gasteiger partial charge in [-0.1, -0.05) is 19.3 Å². The molecule has 6 rings (SSSR count). The van der Waals surface area contributed by atoms with Crippen molar-refractivity contribution in [3.8, 4) is 0 Å². The fraction of sp³-hybridized carbons (Fsp3) is 0.935. The Bertz CT molecular complexity index is 1180. The summed E-state index contributed by atoms with van der Waals surface area (Å²) in [6.07, 6.45) is 10.8. The maximum absolute atomic E-state index is 14.2. The molecule has 44 heavy (non-hydrogen) atoms. The van der Waals surface area contributed by atoms with Crippen LogP contribution in [0, 0.1) is 11.8 Å². The normalized spacial score (nSPS) is 40.1. The largest absolute Gasteiger partial charge is 0.327 e. The predicted molar refractivity (Wildman–Crippen MR) is 171 cm³/mol. The van der Waals surface area contributed by atoms with Gasteiger partial charge in [-0.15, -0.1) is 11.8 Å². The van der Waals surface area contributed by atoms with Crippen molar-refractivity contribution in [3.63, 3.8) is 0 Å². The van der Waals surface area contributed by atoms with E-state index in [0.29, 0.717) is 44.8 Å². The van der Waals surface area contributed by atoms with Gasteiger partial charge in [0, 0.05) is 49.2 Å². The van der Waals surface area contributed by atoms with Gasteiger partial charge < -0.3 is 10.2 Å². The molecule has 6 fully saturated rings. The van der Waals surface area contributed by atoms with Gasteiger partial charge in [0.2, 0.25) is 15.9 Å². The molecule has 0 spiro atoms. The van der Waals surface area contributed by atoms with Crippen LogP contribution in [0.2, 0.25) is 0 Å². The molecule has 3 saturated heterocycles. The standard InChI is InChI=1S/C31H54FN6O4S2/c1-21-28(43-22(2)34-21)18-36-27-12-11-25(44(41,42)35-31(20-32)13-14-31)15-26(27)29(39)37(30(36)40)17-23-16-33-38(3,19-23)24-9-7-5-4-6-8-10-24/h21-28,33-35H,4-20H2,1-3H3/q+1. The Balaban J connectivity index is 1.20. The Hall–Kier alpha value is -0.990. The number of rotatable bonds is 9. The average Bonchev–Trinajstić information content (AvgIpc) is 3.51. The Morgan fingerprint density at radius 2 is 1.75 bits per heavy atom. The predicted octanol–water partition coefficient (Wildman–Crippen LogP) is 3.34. The zero-order valence-electron chi connectivity index (χ0n) is 26.8. The molecule has 8 atom stereocenters. The molecule has 3 N–H and O–H groups in total. The van der Waals surface area contributed by atoms with Gasteiger partial charge in [0.1, 0.15) is 19.3 Å². The number of hydrogen-bond acceptors (Lipinski definition) is 7.